The Balaban J connectivity index is 4.62. The fourth-order valence-corrected chi connectivity index (χ4v) is 2.98. The summed E-state index contributed by atoms with van der Waals surface area (Å²) in [5.74, 6) is -0.915. The van der Waals surface area contributed by atoms with Crippen LogP contribution in [0.25, 0.3) is 0 Å². The van der Waals surface area contributed by atoms with E-state index in [-0.39, 0.29) is 12.3 Å². The van der Waals surface area contributed by atoms with E-state index < -0.39 is 23.8 Å². The topological polar surface area (TPSA) is 98.0 Å². The van der Waals surface area contributed by atoms with Crippen LogP contribution in [0.4, 0.5) is 0 Å². The van der Waals surface area contributed by atoms with Gasteiger partial charge in [0, 0.05) is 12.3 Å². The van der Waals surface area contributed by atoms with Crippen molar-refractivity contribution in [1.29, 1.82) is 0 Å². The Morgan fingerprint density at radius 1 is 1.11 bits per heavy atom. The second kappa shape index (κ2) is 14.8. The standard InChI is InChI=1S/C22H40O5/c1-4-5-11-15-22(3,27)16-14-19(20(24)17-18(2)23)12-9-7-6-8-10-13-21(25)26/h6-7,14,16,18-20,23-24,27H,4-5,8-13,15,17H2,1-3H3,(H,25,26)/b7-6-,16-14+/t18-,19+,20-,22+/m1/s1. The van der Waals surface area contributed by atoms with Crippen LogP contribution in [0.5, 0.6) is 0 Å². The maximum atomic E-state index is 10.5. The Morgan fingerprint density at radius 3 is 2.37 bits per heavy atom. The summed E-state index contributed by atoms with van der Waals surface area (Å²) < 4.78 is 0. The number of carbonyl (C=O) groups is 1. The SMILES string of the molecule is CCCCC[C@](C)(O)/C=C/[C@H](CC/C=C\CCCC(=O)O)[C@H](O)C[C@@H](C)O. The highest BCUT2D eigenvalue weighted by Crippen LogP contribution is 2.22. The van der Waals surface area contributed by atoms with E-state index in [4.69, 9.17) is 5.11 Å². The van der Waals surface area contributed by atoms with Crippen LogP contribution >= 0.6 is 0 Å². The first-order chi connectivity index (χ1) is 12.7. The minimum absolute atomic E-state index is 0.138. The minimum atomic E-state index is -0.884. The van der Waals surface area contributed by atoms with Gasteiger partial charge in [0.25, 0.3) is 0 Å². The summed E-state index contributed by atoms with van der Waals surface area (Å²) in [5, 5.41) is 39.1. The van der Waals surface area contributed by atoms with Gasteiger partial charge in [-0.25, -0.2) is 0 Å². The molecule has 0 amide bonds. The van der Waals surface area contributed by atoms with E-state index in [0.29, 0.717) is 25.7 Å². The average Bonchev–Trinajstić information content (AvgIpc) is 2.55. The van der Waals surface area contributed by atoms with Crippen molar-refractivity contribution < 1.29 is 25.2 Å². The lowest BCUT2D eigenvalue weighted by atomic mass is 9.89. The molecule has 5 heteroatoms. The van der Waals surface area contributed by atoms with E-state index >= 15 is 0 Å². The molecule has 0 spiro atoms. The fourth-order valence-electron chi connectivity index (χ4n) is 2.98. The molecular weight excluding hydrogens is 344 g/mol. The van der Waals surface area contributed by atoms with E-state index in [1.807, 2.05) is 18.2 Å². The molecule has 0 radical (unpaired) electrons. The molecule has 0 saturated carbocycles. The number of aliphatic carboxylic acids is 1. The molecule has 0 aromatic carbocycles. The summed E-state index contributed by atoms with van der Waals surface area (Å²) >= 11 is 0. The number of carboxylic acid groups (broad SMARTS) is 1. The van der Waals surface area contributed by atoms with Gasteiger partial charge in [-0.1, -0.05) is 50.5 Å². The Labute approximate surface area is 164 Å². The number of rotatable bonds is 16. The molecule has 0 unspecified atom stereocenters. The van der Waals surface area contributed by atoms with Gasteiger partial charge < -0.3 is 20.4 Å². The molecule has 0 bridgehead atoms. The van der Waals surface area contributed by atoms with Gasteiger partial charge in [0.15, 0.2) is 0 Å². The molecular formula is C22H40O5. The zero-order valence-corrected chi connectivity index (χ0v) is 17.3. The summed E-state index contributed by atoms with van der Waals surface area (Å²) in [6, 6.07) is 0. The van der Waals surface area contributed by atoms with E-state index in [9.17, 15) is 20.1 Å². The van der Waals surface area contributed by atoms with Crippen molar-refractivity contribution in [3.8, 4) is 0 Å². The van der Waals surface area contributed by atoms with Crippen molar-refractivity contribution >= 4 is 5.97 Å². The Hall–Kier alpha value is -1.17. The van der Waals surface area contributed by atoms with E-state index in [2.05, 4.69) is 6.92 Å². The monoisotopic (exact) mass is 384 g/mol. The molecule has 0 aliphatic heterocycles. The van der Waals surface area contributed by atoms with E-state index in [0.717, 1.165) is 32.1 Å². The van der Waals surface area contributed by atoms with Crippen LogP contribution < -0.4 is 0 Å². The number of aliphatic hydroxyl groups excluding tert-OH is 2. The van der Waals surface area contributed by atoms with Crippen molar-refractivity contribution in [1.82, 2.24) is 0 Å². The number of hydrogen-bond donors (Lipinski definition) is 4. The van der Waals surface area contributed by atoms with Gasteiger partial charge in [-0.15, -0.1) is 0 Å². The van der Waals surface area contributed by atoms with Crippen LogP contribution in [0.3, 0.4) is 0 Å². The highest BCUT2D eigenvalue weighted by atomic mass is 16.4. The van der Waals surface area contributed by atoms with Gasteiger partial charge in [0.05, 0.1) is 17.8 Å². The maximum absolute atomic E-state index is 10.5. The summed E-state index contributed by atoms with van der Waals surface area (Å²) in [6.45, 7) is 5.58. The van der Waals surface area contributed by atoms with Crippen LogP contribution in [-0.4, -0.2) is 44.2 Å². The number of aliphatic hydroxyl groups is 3. The first kappa shape index (κ1) is 25.8. The molecule has 27 heavy (non-hydrogen) atoms. The van der Waals surface area contributed by atoms with Gasteiger partial charge in [-0.2, -0.15) is 0 Å². The third kappa shape index (κ3) is 15.6. The Bertz CT molecular complexity index is 440. The smallest absolute Gasteiger partial charge is 0.303 e. The van der Waals surface area contributed by atoms with Crippen molar-refractivity contribution in [3.05, 3.63) is 24.3 Å². The second-order valence-electron chi connectivity index (χ2n) is 7.82. The van der Waals surface area contributed by atoms with Gasteiger partial charge >= 0.3 is 5.97 Å². The predicted octanol–water partition coefficient (Wildman–Crippen LogP) is 4.21. The van der Waals surface area contributed by atoms with Gasteiger partial charge in [-0.3, -0.25) is 4.79 Å². The van der Waals surface area contributed by atoms with Crippen molar-refractivity contribution in [2.24, 2.45) is 5.92 Å². The Kier molecular flexibility index (Phi) is 14.2. The molecule has 0 fully saturated rings. The first-order valence-electron chi connectivity index (χ1n) is 10.3. The van der Waals surface area contributed by atoms with Crippen molar-refractivity contribution in [3.63, 3.8) is 0 Å². The average molecular weight is 385 g/mol. The largest absolute Gasteiger partial charge is 0.481 e. The summed E-state index contributed by atoms with van der Waals surface area (Å²) in [5.41, 5.74) is -0.884. The molecule has 0 aromatic rings. The molecule has 5 nitrogen and oxygen atoms in total. The fraction of sp³-hybridized carbons (Fsp3) is 0.773. The van der Waals surface area contributed by atoms with Crippen LogP contribution in [0.1, 0.15) is 85.0 Å². The summed E-state index contributed by atoms with van der Waals surface area (Å²) in [6.07, 6.45) is 13.6. The van der Waals surface area contributed by atoms with Crippen LogP contribution in [0.2, 0.25) is 0 Å². The van der Waals surface area contributed by atoms with Crippen molar-refractivity contribution in [2.45, 2.75) is 103 Å². The summed E-state index contributed by atoms with van der Waals surface area (Å²) in [4.78, 5) is 10.5. The third-order valence-electron chi connectivity index (χ3n) is 4.66. The zero-order chi connectivity index (χ0) is 20.7. The predicted molar refractivity (Wildman–Crippen MR) is 110 cm³/mol. The molecule has 0 aliphatic carbocycles. The molecule has 0 heterocycles. The summed E-state index contributed by atoms with van der Waals surface area (Å²) in [7, 11) is 0. The number of hydrogen-bond acceptors (Lipinski definition) is 4. The molecule has 0 saturated heterocycles. The van der Waals surface area contributed by atoms with Crippen LogP contribution in [-0.2, 0) is 4.79 Å². The number of unbranched alkanes of at least 4 members (excludes halogenated alkanes) is 3. The quantitative estimate of drug-likeness (QED) is 0.236. The van der Waals surface area contributed by atoms with Gasteiger partial charge in [-0.05, 0) is 52.4 Å². The minimum Gasteiger partial charge on any atom is -0.481 e. The molecule has 4 N–H and O–H groups in total. The zero-order valence-electron chi connectivity index (χ0n) is 17.3. The molecule has 0 aliphatic rings. The van der Waals surface area contributed by atoms with E-state index in [1.165, 1.54) is 0 Å². The van der Waals surface area contributed by atoms with Gasteiger partial charge in [0.2, 0.25) is 0 Å². The highest BCUT2D eigenvalue weighted by Gasteiger charge is 2.21. The molecule has 158 valence electrons. The third-order valence-corrected chi connectivity index (χ3v) is 4.66. The lowest BCUT2D eigenvalue weighted by Gasteiger charge is -2.24. The maximum Gasteiger partial charge on any atom is 0.303 e. The molecule has 0 rings (SSSR count). The number of carboxylic acids is 1. The normalized spacial score (nSPS) is 17.9. The number of allylic oxidation sites excluding steroid dienone is 2. The lowest BCUT2D eigenvalue weighted by Crippen LogP contribution is -2.25. The van der Waals surface area contributed by atoms with Crippen LogP contribution in [0, 0.1) is 5.92 Å². The second-order valence-corrected chi connectivity index (χ2v) is 7.82. The highest BCUT2D eigenvalue weighted by molar-refractivity contribution is 5.66. The van der Waals surface area contributed by atoms with E-state index in [1.54, 1.807) is 19.9 Å². The van der Waals surface area contributed by atoms with Gasteiger partial charge in [0.1, 0.15) is 0 Å². The van der Waals surface area contributed by atoms with Crippen LogP contribution in [0.15, 0.2) is 24.3 Å². The van der Waals surface area contributed by atoms with Crippen molar-refractivity contribution in [2.75, 3.05) is 0 Å². The first-order valence-corrected chi connectivity index (χ1v) is 10.3. The Morgan fingerprint density at radius 2 is 1.78 bits per heavy atom. The molecule has 0 aromatic heterocycles. The molecule has 4 atom stereocenters. The lowest BCUT2D eigenvalue weighted by molar-refractivity contribution is -0.137.